The second kappa shape index (κ2) is 10.4. The molecule has 4 rings (SSSR count). The lowest BCUT2D eigenvalue weighted by molar-refractivity contribution is -0.126. The summed E-state index contributed by atoms with van der Waals surface area (Å²) in [5.74, 6) is 0.0125. The third kappa shape index (κ3) is 5.75. The van der Waals surface area contributed by atoms with Crippen LogP contribution in [0.1, 0.15) is 34.6 Å². The van der Waals surface area contributed by atoms with E-state index >= 15 is 0 Å². The van der Waals surface area contributed by atoms with Crippen LogP contribution in [0.5, 0.6) is 0 Å². The van der Waals surface area contributed by atoms with Crippen molar-refractivity contribution in [2.75, 3.05) is 18.4 Å². The number of nitrogens with zero attached hydrogens (tertiary/aromatic N) is 4. The molecule has 1 saturated heterocycles. The normalized spacial score (nSPS) is 15.0. The van der Waals surface area contributed by atoms with Crippen molar-refractivity contribution in [3.8, 4) is 0 Å². The second-order valence-electron chi connectivity index (χ2n) is 8.52. The van der Waals surface area contributed by atoms with Crippen molar-refractivity contribution >= 4 is 27.5 Å². The number of anilines is 1. The molecule has 0 spiro atoms. The summed E-state index contributed by atoms with van der Waals surface area (Å²) in [5, 5.41) is 5.81. The number of benzene rings is 1. The molecule has 0 saturated carbocycles. The van der Waals surface area contributed by atoms with E-state index in [1.807, 2.05) is 18.2 Å². The number of rotatable bonds is 7. The van der Waals surface area contributed by atoms with Gasteiger partial charge in [-0.2, -0.15) is 4.31 Å². The van der Waals surface area contributed by atoms with Crippen molar-refractivity contribution in [1.29, 1.82) is 0 Å². The Kier molecular flexibility index (Phi) is 7.27. The molecule has 184 valence electrons. The van der Waals surface area contributed by atoms with Crippen molar-refractivity contribution in [2.45, 2.75) is 31.3 Å². The summed E-state index contributed by atoms with van der Waals surface area (Å²) in [7, 11) is -1.92. The Hall–Kier alpha value is -3.57. The number of pyridine rings is 1. The number of nitrogens with one attached hydrogen (secondary N) is 2. The van der Waals surface area contributed by atoms with Crippen LogP contribution in [-0.4, -0.2) is 52.2 Å². The largest absolute Gasteiger partial charge is 0.352 e. The van der Waals surface area contributed by atoms with E-state index in [0.29, 0.717) is 36.5 Å². The molecule has 0 atom stereocenters. The quantitative estimate of drug-likeness (QED) is 0.516. The van der Waals surface area contributed by atoms with Crippen LogP contribution < -0.4 is 10.6 Å². The molecule has 35 heavy (non-hydrogen) atoms. The third-order valence-corrected chi connectivity index (χ3v) is 7.88. The van der Waals surface area contributed by atoms with Crippen molar-refractivity contribution in [2.24, 2.45) is 13.0 Å². The molecule has 1 aliphatic heterocycles. The molecule has 0 radical (unpaired) electrons. The lowest BCUT2D eigenvalue weighted by Crippen LogP contribution is -2.43. The maximum Gasteiger partial charge on any atom is 0.262 e. The maximum absolute atomic E-state index is 12.9. The molecule has 2 amide bonds. The highest BCUT2D eigenvalue weighted by atomic mass is 32.2. The lowest BCUT2D eigenvalue weighted by Gasteiger charge is -2.30. The first kappa shape index (κ1) is 24.6. The molecule has 2 aromatic heterocycles. The summed E-state index contributed by atoms with van der Waals surface area (Å²) >= 11 is 0. The van der Waals surface area contributed by atoms with Gasteiger partial charge in [-0.1, -0.05) is 12.1 Å². The first-order chi connectivity index (χ1) is 16.7. The lowest BCUT2D eigenvalue weighted by atomic mass is 9.97. The highest BCUT2D eigenvalue weighted by molar-refractivity contribution is 7.89. The van der Waals surface area contributed by atoms with E-state index in [9.17, 15) is 18.0 Å². The van der Waals surface area contributed by atoms with Crippen LogP contribution in [0.15, 0.2) is 60.0 Å². The van der Waals surface area contributed by atoms with Gasteiger partial charge in [-0.05, 0) is 49.6 Å². The molecule has 1 aliphatic rings. The molecule has 0 bridgehead atoms. The van der Waals surface area contributed by atoms with E-state index in [-0.39, 0.29) is 35.8 Å². The number of imidazole rings is 1. The van der Waals surface area contributed by atoms with Gasteiger partial charge < -0.3 is 15.2 Å². The molecule has 2 N–H and O–H groups in total. The Bertz CT molecular complexity index is 1300. The predicted octanol–water partition coefficient (Wildman–Crippen LogP) is 2.09. The third-order valence-electron chi connectivity index (χ3n) is 6.11. The van der Waals surface area contributed by atoms with Crippen LogP contribution in [0.2, 0.25) is 0 Å². The van der Waals surface area contributed by atoms with Gasteiger partial charge in [0.05, 0.1) is 0 Å². The SMILES string of the molecule is Cc1nc(S(=O)(=O)N2CCC(C(=O)NCc3cccc(NC(=O)c4ccncc4)c3)CC2)cn1C. The molecule has 1 aromatic carbocycles. The molecular formula is C24H28N6O4S. The first-order valence-electron chi connectivity index (χ1n) is 11.3. The van der Waals surface area contributed by atoms with Crippen molar-refractivity contribution in [3.05, 3.63) is 71.9 Å². The highest BCUT2D eigenvalue weighted by Gasteiger charge is 2.33. The minimum atomic E-state index is -3.67. The summed E-state index contributed by atoms with van der Waals surface area (Å²) in [4.78, 5) is 33.1. The minimum absolute atomic E-state index is 0.0382. The van der Waals surface area contributed by atoms with Crippen LogP contribution in [0.3, 0.4) is 0 Å². The van der Waals surface area contributed by atoms with E-state index < -0.39 is 10.0 Å². The average Bonchev–Trinajstić information content (AvgIpc) is 3.22. The minimum Gasteiger partial charge on any atom is -0.352 e. The van der Waals surface area contributed by atoms with Crippen molar-refractivity contribution < 1.29 is 18.0 Å². The number of carbonyl (C=O) groups is 2. The van der Waals surface area contributed by atoms with Crippen molar-refractivity contribution in [1.82, 2.24) is 24.2 Å². The number of carbonyl (C=O) groups excluding carboxylic acids is 2. The Morgan fingerprint density at radius 1 is 1.11 bits per heavy atom. The predicted molar refractivity (Wildman–Crippen MR) is 130 cm³/mol. The number of hydrogen-bond acceptors (Lipinski definition) is 6. The molecular weight excluding hydrogens is 468 g/mol. The fourth-order valence-electron chi connectivity index (χ4n) is 3.94. The van der Waals surface area contributed by atoms with Crippen LogP contribution in [0.25, 0.3) is 0 Å². The van der Waals surface area contributed by atoms with Gasteiger partial charge >= 0.3 is 0 Å². The van der Waals surface area contributed by atoms with Crippen LogP contribution in [-0.2, 0) is 28.4 Å². The molecule has 3 heterocycles. The Morgan fingerprint density at radius 2 is 1.83 bits per heavy atom. The first-order valence-corrected chi connectivity index (χ1v) is 12.8. The van der Waals surface area contributed by atoms with Gasteiger partial charge in [-0.15, -0.1) is 0 Å². The van der Waals surface area contributed by atoms with Crippen LogP contribution in [0, 0.1) is 12.8 Å². The van der Waals surface area contributed by atoms with E-state index in [2.05, 4.69) is 20.6 Å². The van der Waals surface area contributed by atoms with Gasteiger partial charge in [-0.25, -0.2) is 13.4 Å². The molecule has 0 unspecified atom stereocenters. The zero-order chi connectivity index (χ0) is 25.0. The number of aromatic nitrogens is 3. The van der Waals surface area contributed by atoms with E-state index in [0.717, 1.165) is 5.56 Å². The van der Waals surface area contributed by atoms with Gasteiger partial charge in [0, 0.05) is 62.4 Å². The molecule has 11 heteroatoms. The average molecular weight is 497 g/mol. The molecule has 0 aliphatic carbocycles. The van der Waals surface area contributed by atoms with Gasteiger partial charge in [0.2, 0.25) is 5.91 Å². The number of sulfonamides is 1. The van der Waals surface area contributed by atoms with Crippen LogP contribution >= 0.6 is 0 Å². The summed E-state index contributed by atoms with van der Waals surface area (Å²) in [6.07, 6.45) is 5.51. The van der Waals surface area contributed by atoms with E-state index in [1.54, 1.807) is 49.1 Å². The summed E-state index contributed by atoms with van der Waals surface area (Å²) < 4.78 is 28.8. The zero-order valence-corrected chi connectivity index (χ0v) is 20.5. The summed E-state index contributed by atoms with van der Waals surface area (Å²) in [6, 6.07) is 10.5. The summed E-state index contributed by atoms with van der Waals surface area (Å²) in [5.41, 5.74) is 1.98. The number of amides is 2. The Balaban J connectivity index is 1.29. The monoisotopic (exact) mass is 496 g/mol. The van der Waals surface area contributed by atoms with Gasteiger partial charge in [-0.3, -0.25) is 14.6 Å². The maximum atomic E-state index is 12.9. The fraction of sp³-hybridized carbons (Fsp3) is 0.333. The van der Waals surface area contributed by atoms with Gasteiger partial charge in [0.25, 0.3) is 15.9 Å². The Labute approximate surface area is 204 Å². The fourth-order valence-corrected chi connectivity index (χ4v) is 5.44. The Morgan fingerprint density at radius 3 is 2.49 bits per heavy atom. The smallest absolute Gasteiger partial charge is 0.262 e. The number of hydrogen-bond donors (Lipinski definition) is 2. The van der Waals surface area contributed by atoms with Gasteiger partial charge in [0.15, 0.2) is 5.03 Å². The summed E-state index contributed by atoms with van der Waals surface area (Å²) in [6.45, 7) is 2.60. The van der Waals surface area contributed by atoms with Crippen molar-refractivity contribution in [3.63, 3.8) is 0 Å². The zero-order valence-electron chi connectivity index (χ0n) is 19.6. The standard InChI is InChI=1S/C24H28N6O4S/c1-17-27-22(16-29(17)2)35(33,34)30-12-8-20(9-13-30)23(31)26-15-18-4-3-5-21(14-18)28-24(32)19-6-10-25-11-7-19/h3-7,10-11,14,16,20H,8-9,12-13,15H2,1-2H3,(H,26,31)(H,28,32). The van der Waals surface area contributed by atoms with Gasteiger partial charge in [0.1, 0.15) is 5.82 Å². The van der Waals surface area contributed by atoms with E-state index in [1.165, 1.54) is 10.5 Å². The molecule has 3 aromatic rings. The number of piperidine rings is 1. The number of aryl methyl sites for hydroxylation is 2. The second-order valence-corrected chi connectivity index (χ2v) is 10.4. The molecule has 1 fully saturated rings. The molecule has 10 nitrogen and oxygen atoms in total. The highest BCUT2D eigenvalue weighted by Crippen LogP contribution is 2.24. The topological polar surface area (TPSA) is 126 Å². The van der Waals surface area contributed by atoms with Crippen LogP contribution in [0.4, 0.5) is 5.69 Å². The van der Waals surface area contributed by atoms with E-state index in [4.69, 9.17) is 0 Å².